The summed E-state index contributed by atoms with van der Waals surface area (Å²) in [4.78, 5) is 21.2. The van der Waals surface area contributed by atoms with Gasteiger partial charge in [-0.1, -0.05) is 30.3 Å². The van der Waals surface area contributed by atoms with Crippen molar-refractivity contribution in [1.82, 2.24) is 24.6 Å². The van der Waals surface area contributed by atoms with Crippen molar-refractivity contribution in [3.05, 3.63) is 83.4 Å². The second-order valence-corrected chi connectivity index (χ2v) is 7.37. The fraction of sp³-hybridized carbons (Fsp3) is 0.174. The molecule has 1 aliphatic rings. The third kappa shape index (κ3) is 3.53. The van der Waals surface area contributed by atoms with E-state index in [1.54, 1.807) is 4.52 Å². The van der Waals surface area contributed by atoms with Crippen molar-refractivity contribution in [2.24, 2.45) is 5.10 Å². The second-order valence-electron chi connectivity index (χ2n) is 7.37. The highest BCUT2D eigenvalue weighted by Gasteiger charge is 2.37. The van der Waals surface area contributed by atoms with Crippen LogP contribution in [0.25, 0.3) is 5.78 Å². The van der Waals surface area contributed by atoms with Gasteiger partial charge in [-0.15, -0.1) is 10.2 Å². The summed E-state index contributed by atoms with van der Waals surface area (Å²) in [5, 5.41) is 10.2. The number of carbonyl (C=O) groups excluding carboxylic acids is 1. The molecule has 0 fully saturated rings. The van der Waals surface area contributed by atoms with E-state index in [2.05, 4.69) is 20.2 Å². The minimum Gasteiger partial charge on any atom is -0.457 e. The number of amides is 1. The first kappa shape index (κ1) is 19.7. The van der Waals surface area contributed by atoms with Gasteiger partial charge in [0.2, 0.25) is 17.6 Å². The Bertz CT molecular complexity index is 1350. The monoisotopic (exact) mass is 428 g/mol. The number of para-hydroxylation sites is 2. The highest BCUT2D eigenvalue weighted by atomic mass is 16.5. The highest BCUT2D eigenvalue weighted by Crippen LogP contribution is 2.33. The number of fused-ring (bicyclic) bond motifs is 1. The van der Waals surface area contributed by atoms with Crippen LogP contribution >= 0.6 is 0 Å². The normalized spacial score (nSPS) is 15.5. The molecule has 1 aliphatic heterocycles. The van der Waals surface area contributed by atoms with Crippen molar-refractivity contribution in [2.45, 2.75) is 27.0 Å². The number of hydrogen-bond acceptors (Lipinski definition) is 7. The van der Waals surface area contributed by atoms with Gasteiger partial charge in [-0.25, -0.2) is 9.50 Å². The number of aryl methyl sites for hydroxylation is 2. The van der Waals surface area contributed by atoms with E-state index in [9.17, 15) is 4.79 Å². The Morgan fingerprint density at radius 3 is 2.56 bits per heavy atom. The zero-order chi connectivity index (χ0) is 22.2. The minimum atomic E-state index is -0.909. The third-order valence-electron chi connectivity index (χ3n) is 4.91. The van der Waals surface area contributed by atoms with Gasteiger partial charge in [0.15, 0.2) is 0 Å². The fourth-order valence-electron chi connectivity index (χ4n) is 3.48. The zero-order valence-corrected chi connectivity index (χ0v) is 17.8. The van der Waals surface area contributed by atoms with E-state index in [1.807, 2.05) is 74.5 Å². The van der Waals surface area contributed by atoms with Gasteiger partial charge in [-0.2, -0.15) is 9.99 Å². The summed E-state index contributed by atoms with van der Waals surface area (Å²) in [5.41, 5.74) is 2.31. The molecular weight excluding hydrogens is 408 g/mol. The first-order chi connectivity index (χ1) is 15.5. The number of carbonyl (C=O) groups is 1. The molecule has 0 N–H and O–H groups in total. The van der Waals surface area contributed by atoms with E-state index in [1.165, 1.54) is 11.9 Å². The van der Waals surface area contributed by atoms with Crippen LogP contribution in [-0.2, 0) is 9.53 Å². The van der Waals surface area contributed by atoms with Gasteiger partial charge in [0.25, 0.3) is 12.0 Å². The van der Waals surface area contributed by atoms with Crippen LogP contribution in [0.3, 0.4) is 0 Å². The lowest BCUT2D eigenvalue weighted by atomic mass is 10.2. The van der Waals surface area contributed by atoms with Gasteiger partial charge in [-0.05, 0) is 44.2 Å². The molecule has 0 spiro atoms. The quantitative estimate of drug-likeness (QED) is 0.491. The largest absolute Gasteiger partial charge is 0.457 e. The molecule has 2 aromatic heterocycles. The molecule has 0 saturated carbocycles. The van der Waals surface area contributed by atoms with Gasteiger partial charge in [0, 0.05) is 18.3 Å². The first-order valence-corrected chi connectivity index (χ1v) is 10.1. The smallest absolute Gasteiger partial charge is 0.258 e. The van der Waals surface area contributed by atoms with Crippen LogP contribution in [0.4, 0.5) is 0 Å². The minimum absolute atomic E-state index is 0.247. The molecule has 1 atom stereocenters. The van der Waals surface area contributed by atoms with Gasteiger partial charge < -0.3 is 9.47 Å². The lowest BCUT2D eigenvalue weighted by molar-refractivity contribution is -0.135. The summed E-state index contributed by atoms with van der Waals surface area (Å²) in [6, 6.07) is 18.7. The van der Waals surface area contributed by atoms with Crippen molar-refractivity contribution >= 4 is 17.6 Å². The zero-order valence-electron chi connectivity index (χ0n) is 17.8. The number of ether oxygens (including phenoxy) is 2. The van der Waals surface area contributed by atoms with E-state index >= 15 is 0 Å². The Balaban J connectivity index is 1.51. The van der Waals surface area contributed by atoms with E-state index in [-0.39, 0.29) is 11.8 Å². The maximum absolute atomic E-state index is 12.3. The summed E-state index contributed by atoms with van der Waals surface area (Å²) in [7, 11) is 0. The predicted molar refractivity (Wildman–Crippen MR) is 116 cm³/mol. The van der Waals surface area contributed by atoms with Crippen molar-refractivity contribution in [1.29, 1.82) is 0 Å². The average Bonchev–Trinajstić information content (AvgIpc) is 3.39. The predicted octanol–water partition coefficient (Wildman–Crippen LogP) is 3.77. The molecule has 160 valence electrons. The van der Waals surface area contributed by atoms with Crippen molar-refractivity contribution in [3.8, 4) is 11.5 Å². The number of nitrogens with zero attached hydrogens (tertiary/aromatic N) is 6. The fourth-order valence-corrected chi connectivity index (χ4v) is 3.48. The lowest BCUT2D eigenvalue weighted by Crippen LogP contribution is -2.26. The van der Waals surface area contributed by atoms with E-state index in [0.29, 0.717) is 28.7 Å². The van der Waals surface area contributed by atoms with Crippen molar-refractivity contribution in [3.63, 3.8) is 0 Å². The summed E-state index contributed by atoms with van der Waals surface area (Å²) >= 11 is 0. The molecule has 1 unspecified atom stereocenters. The molecule has 5 rings (SSSR count). The van der Waals surface area contributed by atoms with Gasteiger partial charge in [0.1, 0.15) is 11.5 Å². The number of hydrogen-bond donors (Lipinski definition) is 0. The molecule has 4 aromatic rings. The standard InChI is InChI=1S/C23H20N6O3/c1-14-13-15(2)28-23(24-14)25-20(26-28)22-29(16(3)30)27-21(32-22)18-11-7-8-12-19(18)31-17-9-5-4-6-10-17/h4-13,22H,1-3H3. The van der Waals surface area contributed by atoms with E-state index < -0.39 is 6.23 Å². The van der Waals surface area contributed by atoms with Gasteiger partial charge in [-0.3, -0.25) is 4.79 Å². The molecule has 1 amide bonds. The Morgan fingerprint density at radius 2 is 1.78 bits per heavy atom. The summed E-state index contributed by atoms with van der Waals surface area (Å²) in [6.45, 7) is 5.22. The number of rotatable bonds is 4. The van der Waals surface area contributed by atoms with Gasteiger partial charge in [0.05, 0.1) is 5.56 Å². The summed E-state index contributed by atoms with van der Waals surface area (Å²) in [5.74, 6) is 1.91. The second kappa shape index (κ2) is 7.77. The average molecular weight is 428 g/mol. The maximum Gasteiger partial charge on any atom is 0.258 e. The number of hydrazone groups is 1. The molecule has 0 radical (unpaired) electrons. The van der Waals surface area contributed by atoms with Crippen LogP contribution in [0.5, 0.6) is 11.5 Å². The Kier molecular flexibility index (Phi) is 4.78. The molecular formula is C23H20N6O3. The van der Waals surface area contributed by atoms with Crippen molar-refractivity contribution in [2.75, 3.05) is 0 Å². The van der Waals surface area contributed by atoms with Crippen LogP contribution in [0.1, 0.15) is 35.9 Å². The maximum atomic E-state index is 12.3. The molecule has 32 heavy (non-hydrogen) atoms. The first-order valence-electron chi connectivity index (χ1n) is 10.1. The summed E-state index contributed by atoms with van der Waals surface area (Å²) < 4.78 is 13.7. The van der Waals surface area contributed by atoms with Crippen molar-refractivity contribution < 1.29 is 14.3 Å². The van der Waals surface area contributed by atoms with E-state index in [4.69, 9.17) is 9.47 Å². The SMILES string of the molecule is CC(=O)N1N=C(c2ccccc2Oc2ccccc2)OC1c1nc2nc(C)cc(C)n2n1. The third-order valence-corrected chi connectivity index (χ3v) is 4.91. The molecule has 9 heteroatoms. The Hall–Kier alpha value is -4.27. The Morgan fingerprint density at radius 1 is 1.03 bits per heavy atom. The number of aromatic nitrogens is 4. The Labute approximate surface area is 183 Å². The molecule has 0 bridgehead atoms. The van der Waals surface area contributed by atoms with Crippen LogP contribution < -0.4 is 4.74 Å². The molecule has 9 nitrogen and oxygen atoms in total. The van der Waals surface area contributed by atoms with E-state index in [0.717, 1.165) is 11.4 Å². The lowest BCUT2D eigenvalue weighted by Gasteiger charge is -2.15. The molecule has 0 saturated heterocycles. The topological polar surface area (TPSA) is 94.2 Å². The van der Waals surface area contributed by atoms with Crippen LogP contribution in [0.15, 0.2) is 65.8 Å². The van der Waals surface area contributed by atoms with Crippen LogP contribution in [0.2, 0.25) is 0 Å². The summed E-state index contributed by atoms with van der Waals surface area (Å²) in [6.07, 6.45) is -0.909. The van der Waals surface area contributed by atoms with Gasteiger partial charge >= 0.3 is 0 Å². The van der Waals surface area contributed by atoms with Crippen LogP contribution in [-0.4, -0.2) is 36.4 Å². The molecule has 3 heterocycles. The highest BCUT2D eigenvalue weighted by molar-refractivity contribution is 5.98. The van der Waals surface area contributed by atoms with Crippen LogP contribution in [0, 0.1) is 13.8 Å². The molecule has 0 aliphatic carbocycles. The molecule has 2 aromatic carbocycles. The number of benzene rings is 2.